The molecule has 1 unspecified atom stereocenters. The SMILES string of the molecule is CC(Br)CCCCCCCCCCCCCCC(=O)O. The van der Waals surface area contributed by atoms with Crippen molar-refractivity contribution >= 4 is 21.9 Å². The molecule has 120 valence electrons. The lowest BCUT2D eigenvalue weighted by atomic mass is 10.0. The van der Waals surface area contributed by atoms with Crippen LogP contribution in [0.25, 0.3) is 0 Å². The number of aliphatic carboxylic acids is 1. The van der Waals surface area contributed by atoms with Crippen LogP contribution in [0.15, 0.2) is 0 Å². The van der Waals surface area contributed by atoms with E-state index < -0.39 is 5.97 Å². The summed E-state index contributed by atoms with van der Waals surface area (Å²) >= 11 is 3.59. The molecular weight excluding hydrogens is 316 g/mol. The number of carbonyl (C=O) groups is 1. The molecule has 0 fully saturated rings. The number of rotatable bonds is 15. The van der Waals surface area contributed by atoms with Crippen LogP contribution in [0.5, 0.6) is 0 Å². The first-order valence-electron chi connectivity index (χ1n) is 8.49. The molecule has 1 N–H and O–H groups in total. The van der Waals surface area contributed by atoms with Crippen LogP contribution in [0.4, 0.5) is 0 Å². The Morgan fingerprint density at radius 2 is 1.15 bits per heavy atom. The highest BCUT2D eigenvalue weighted by molar-refractivity contribution is 9.09. The summed E-state index contributed by atoms with van der Waals surface area (Å²) < 4.78 is 0. The second-order valence-electron chi connectivity index (χ2n) is 5.96. The molecule has 0 aromatic carbocycles. The minimum absolute atomic E-state index is 0.341. The highest BCUT2D eigenvalue weighted by atomic mass is 79.9. The van der Waals surface area contributed by atoms with Gasteiger partial charge in [-0.15, -0.1) is 0 Å². The second-order valence-corrected chi connectivity index (χ2v) is 7.52. The summed E-state index contributed by atoms with van der Waals surface area (Å²) in [6.07, 6.45) is 17.1. The van der Waals surface area contributed by atoms with Gasteiger partial charge in [0.05, 0.1) is 0 Å². The molecule has 0 amide bonds. The third kappa shape index (κ3) is 17.9. The zero-order chi connectivity index (χ0) is 15.1. The van der Waals surface area contributed by atoms with Crippen LogP contribution in [0.1, 0.15) is 96.8 Å². The Bertz CT molecular complexity index is 217. The Balaban J connectivity index is 2.97. The lowest BCUT2D eigenvalue weighted by molar-refractivity contribution is -0.137. The van der Waals surface area contributed by atoms with E-state index in [4.69, 9.17) is 5.11 Å². The van der Waals surface area contributed by atoms with Crippen molar-refractivity contribution in [3.8, 4) is 0 Å². The smallest absolute Gasteiger partial charge is 0.303 e. The molecule has 0 aromatic heterocycles. The Morgan fingerprint density at radius 3 is 1.50 bits per heavy atom. The number of alkyl halides is 1. The van der Waals surface area contributed by atoms with E-state index in [1.54, 1.807) is 0 Å². The molecule has 2 nitrogen and oxygen atoms in total. The van der Waals surface area contributed by atoms with Gasteiger partial charge in [0.15, 0.2) is 0 Å². The molecule has 0 saturated heterocycles. The zero-order valence-corrected chi connectivity index (χ0v) is 14.8. The first kappa shape index (κ1) is 19.9. The fourth-order valence-corrected chi connectivity index (χ4v) is 2.79. The first-order chi connectivity index (χ1) is 9.63. The fraction of sp³-hybridized carbons (Fsp3) is 0.941. The van der Waals surface area contributed by atoms with E-state index in [0.717, 1.165) is 12.8 Å². The van der Waals surface area contributed by atoms with Crippen molar-refractivity contribution < 1.29 is 9.90 Å². The normalized spacial score (nSPS) is 12.5. The molecule has 0 aliphatic rings. The minimum atomic E-state index is -0.657. The van der Waals surface area contributed by atoms with Gasteiger partial charge in [0.1, 0.15) is 0 Å². The van der Waals surface area contributed by atoms with Gasteiger partial charge in [-0.05, 0) is 12.8 Å². The van der Waals surface area contributed by atoms with E-state index in [1.165, 1.54) is 70.6 Å². The summed E-state index contributed by atoms with van der Waals surface area (Å²) in [5.41, 5.74) is 0. The highest BCUT2D eigenvalue weighted by Gasteiger charge is 1.97. The van der Waals surface area contributed by atoms with Crippen LogP contribution >= 0.6 is 15.9 Å². The largest absolute Gasteiger partial charge is 0.481 e. The van der Waals surface area contributed by atoms with Crippen molar-refractivity contribution in [1.29, 1.82) is 0 Å². The van der Waals surface area contributed by atoms with Crippen molar-refractivity contribution in [3.05, 3.63) is 0 Å². The van der Waals surface area contributed by atoms with E-state index in [0.29, 0.717) is 11.2 Å². The summed E-state index contributed by atoms with van der Waals surface area (Å²) in [6.45, 7) is 2.22. The molecule has 0 spiro atoms. The molecule has 0 saturated carbocycles. The number of hydrogen-bond donors (Lipinski definition) is 1. The summed E-state index contributed by atoms with van der Waals surface area (Å²) in [6, 6.07) is 0. The lowest BCUT2D eigenvalue weighted by Crippen LogP contribution is -1.93. The quantitative estimate of drug-likeness (QED) is 0.278. The van der Waals surface area contributed by atoms with Gasteiger partial charge < -0.3 is 5.11 Å². The molecule has 0 aliphatic heterocycles. The van der Waals surface area contributed by atoms with Gasteiger partial charge in [-0.3, -0.25) is 4.79 Å². The van der Waals surface area contributed by atoms with Gasteiger partial charge in [0.25, 0.3) is 0 Å². The van der Waals surface area contributed by atoms with E-state index in [9.17, 15) is 4.79 Å². The number of halogens is 1. The summed E-state index contributed by atoms with van der Waals surface area (Å²) in [7, 11) is 0. The number of unbranched alkanes of at least 4 members (excludes halogenated alkanes) is 11. The molecule has 0 rings (SSSR count). The van der Waals surface area contributed by atoms with Crippen molar-refractivity contribution in [3.63, 3.8) is 0 Å². The molecule has 0 bridgehead atoms. The molecule has 1 atom stereocenters. The number of carboxylic acids is 1. The van der Waals surface area contributed by atoms with Crippen LogP contribution in [0, 0.1) is 0 Å². The maximum Gasteiger partial charge on any atom is 0.303 e. The molecule has 0 aliphatic carbocycles. The van der Waals surface area contributed by atoms with E-state index in [2.05, 4.69) is 22.9 Å². The van der Waals surface area contributed by atoms with Gasteiger partial charge in [-0.1, -0.05) is 93.5 Å². The average molecular weight is 349 g/mol. The molecule has 0 aromatic rings. The van der Waals surface area contributed by atoms with Crippen LogP contribution in [0.2, 0.25) is 0 Å². The monoisotopic (exact) mass is 348 g/mol. The molecular formula is C17H33BrO2. The Labute approximate surface area is 133 Å². The van der Waals surface area contributed by atoms with Gasteiger partial charge in [0.2, 0.25) is 0 Å². The molecule has 0 radical (unpaired) electrons. The Morgan fingerprint density at radius 1 is 0.800 bits per heavy atom. The summed E-state index contributed by atoms with van der Waals surface area (Å²) in [4.78, 5) is 11.0. The minimum Gasteiger partial charge on any atom is -0.481 e. The third-order valence-corrected chi connectivity index (χ3v) is 4.20. The molecule has 20 heavy (non-hydrogen) atoms. The van der Waals surface area contributed by atoms with Crippen molar-refractivity contribution in [2.45, 2.75) is 102 Å². The summed E-state index contributed by atoms with van der Waals surface area (Å²) in [5, 5.41) is 8.52. The van der Waals surface area contributed by atoms with Crippen molar-refractivity contribution in [2.24, 2.45) is 0 Å². The third-order valence-electron chi connectivity index (χ3n) is 3.74. The zero-order valence-electron chi connectivity index (χ0n) is 13.2. The maximum atomic E-state index is 10.3. The van der Waals surface area contributed by atoms with Crippen molar-refractivity contribution in [1.82, 2.24) is 0 Å². The summed E-state index contributed by atoms with van der Waals surface area (Å²) in [5.74, 6) is -0.657. The van der Waals surface area contributed by atoms with Gasteiger partial charge in [-0.2, -0.15) is 0 Å². The maximum absolute atomic E-state index is 10.3. The van der Waals surface area contributed by atoms with E-state index >= 15 is 0 Å². The van der Waals surface area contributed by atoms with Crippen LogP contribution in [-0.4, -0.2) is 15.9 Å². The average Bonchev–Trinajstić information content (AvgIpc) is 2.38. The second kappa shape index (κ2) is 15.3. The predicted octanol–water partition coefficient (Wildman–Crippen LogP) is 6.32. The van der Waals surface area contributed by atoms with E-state index in [1.807, 2.05) is 0 Å². The fourth-order valence-electron chi connectivity index (χ4n) is 2.47. The highest BCUT2D eigenvalue weighted by Crippen LogP contribution is 2.14. The molecule has 3 heteroatoms. The Hall–Kier alpha value is -0.0500. The standard InChI is InChI=1S/C17H33BrO2/c1-16(18)14-12-10-8-6-4-2-3-5-7-9-11-13-15-17(19)20/h16H,2-15H2,1H3,(H,19,20). The van der Waals surface area contributed by atoms with Crippen LogP contribution in [0.3, 0.4) is 0 Å². The predicted molar refractivity (Wildman–Crippen MR) is 90.7 cm³/mol. The van der Waals surface area contributed by atoms with Gasteiger partial charge in [0, 0.05) is 11.2 Å². The van der Waals surface area contributed by atoms with Crippen LogP contribution in [-0.2, 0) is 4.79 Å². The molecule has 0 heterocycles. The number of carboxylic acid groups (broad SMARTS) is 1. The van der Waals surface area contributed by atoms with Gasteiger partial charge >= 0.3 is 5.97 Å². The Kier molecular flexibility index (Phi) is 15.3. The topological polar surface area (TPSA) is 37.3 Å². The van der Waals surface area contributed by atoms with E-state index in [-0.39, 0.29) is 0 Å². The lowest BCUT2D eigenvalue weighted by Gasteiger charge is -2.04. The van der Waals surface area contributed by atoms with Crippen molar-refractivity contribution in [2.75, 3.05) is 0 Å². The van der Waals surface area contributed by atoms with Crippen LogP contribution < -0.4 is 0 Å². The van der Waals surface area contributed by atoms with Gasteiger partial charge in [-0.25, -0.2) is 0 Å². The first-order valence-corrected chi connectivity index (χ1v) is 9.40. The number of hydrogen-bond acceptors (Lipinski definition) is 1.